The Hall–Kier alpha value is -2.04. The summed E-state index contributed by atoms with van der Waals surface area (Å²) >= 11 is 0. The maximum atomic E-state index is 13.7. The van der Waals surface area contributed by atoms with E-state index in [0.29, 0.717) is 17.5 Å². The van der Waals surface area contributed by atoms with E-state index >= 15 is 0 Å². The molecule has 1 aliphatic carbocycles. The predicted molar refractivity (Wildman–Crippen MR) is 73.7 cm³/mol. The second kappa shape index (κ2) is 4.81. The first-order chi connectivity index (χ1) is 9.56. The molecule has 1 heterocycles. The van der Waals surface area contributed by atoms with Crippen molar-refractivity contribution in [3.63, 3.8) is 0 Å². The number of halogens is 1. The summed E-state index contributed by atoms with van der Waals surface area (Å²) in [6.07, 6.45) is 4.24. The molecule has 3 rings (SSSR count). The summed E-state index contributed by atoms with van der Waals surface area (Å²) in [6.45, 7) is 2.40. The number of nitrogens with one attached hydrogen (secondary N) is 1. The van der Waals surface area contributed by atoms with Crippen LogP contribution in [0.4, 0.5) is 4.39 Å². The Kier molecular flexibility index (Phi) is 3.12. The van der Waals surface area contributed by atoms with Gasteiger partial charge in [-0.25, -0.2) is 4.39 Å². The maximum Gasteiger partial charge on any atom is 0.249 e. The van der Waals surface area contributed by atoms with Crippen molar-refractivity contribution < 1.29 is 13.9 Å². The van der Waals surface area contributed by atoms with Crippen LogP contribution in [0.2, 0.25) is 0 Å². The minimum absolute atomic E-state index is 0.103. The van der Waals surface area contributed by atoms with Crippen molar-refractivity contribution >= 4 is 12.0 Å². The normalized spacial score (nSPS) is 18.6. The quantitative estimate of drug-likeness (QED) is 0.884. The largest absolute Gasteiger partial charge is 0.484 e. The van der Waals surface area contributed by atoms with E-state index in [1.54, 1.807) is 6.08 Å². The van der Waals surface area contributed by atoms with Crippen molar-refractivity contribution in [1.29, 1.82) is 0 Å². The number of nitrogens with two attached hydrogens (primary N) is 1. The molecule has 0 radical (unpaired) electrons. The highest BCUT2D eigenvalue weighted by atomic mass is 19.1. The van der Waals surface area contributed by atoms with Crippen molar-refractivity contribution in [3.8, 4) is 5.75 Å². The van der Waals surface area contributed by atoms with Gasteiger partial charge in [-0.15, -0.1) is 0 Å². The molecular formula is C15H17FN2O2. The molecule has 0 aromatic heterocycles. The first kappa shape index (κ1) is 13.0. The van der Waals surface area contributed by atoms with Crippen LogP contribution in [0.3, 0.4) is 0 Å². The molecule has 1 atom stereocenters. The fourth-order valence-electron chi connectivity index (χ4n) is 2.53. The van der Waals surface area contributed by atoms with Crippen LogP contribution in [0, 0.1) is 11.7 Å². The molecule has 1 amide bonds. The second-order valence-corrected chi connectivity index (χ2v) is 5.43. The second-order valence-electron chi connectivity index (χ2n) is 5.43. The molecule has 3 N–H and O–H groups in total. The molecule has 2 aliphatic rings. The number of amides is 1. The number of carbonyl (C=O) groups excluding carboxylic acids is 1. The highest BCUT2D eigenvalue weighted by Crippen LogP contribution is 2.35. The minimum Gasteiger partial charge on any atom is -0.484 e. The van der Waals surface area contributed by atoms with Gasteiger partial charge in [0.1, 0.15) is 6.61 Å². The summed E-state index contributed by atoms with van der Waals surface area (Å²) in [5, 5.41) is 3.37. The Morgan fingerprint density at radius 1 is 1.50 bits per heavy atom. The Balaban J connectivity index is 1.93. The van der Waals surface area contributed by atoms with Crippen LogP contribution in [-0.2, 0) is 0 Å². The molecule has 0 bridgehead atoms. The molecule has 1 unspecified atom stereocenters. The SMILES string of the molecule is CC(NC1=Cc2c(C(N)=O)ccc(F)c2OC1)C1CC1. The van der Waals surface area contributed by atoms with Gasteiger partial charge in [0.05, 0.1) is 5.56 Å². The van der Waals surface area contributed by atoms with E-state index in [2.05, 4.69) is 12.2 Å². The van der Waals surface area contributed by atoms with Crippen LogP contribution in [0.5, 0.6) is 5.75 Å². The first-order valence-electron chi connectivity index (χ1n) is 6.78. The molecule has 4 nitrogen and oxygen atoms in total. The van der Waals surface area contributed by atoms with Crippen molar-refractivity contribution in [2.45, 2.75) is 25.8 Å². The van der Waals surface area contributed by atoms with Crippen molar-refractivity contribution in [1.82, 2.24) is 5.32 Å². The lowest BCUT2D eigenvalue weighted by atomic mass is 10.0. The zero-order valence-electron chi connectivity index (χ0n) is 11.3. The number of fused-ring (bicyclic) bond motifs is 1. The molecule has 1 aliphatic heterocycles. The number of hydrogen-bond acceptors (Lipinski definition) is 3. The molecule has 5 heteroatoms. The van der Waals surface area contributed by atoms with Crippen molar-refractivity contribution in [2.24, 2.45) is 11.7 Å². The zero-order chi connectivity index (χ0) is 14.3. The van der Waals surface area contributed by atoms with Gasteiger partial charge in [0, 0.05) is 17.3 Å². The average Bonchev–Trinajstić information content (AvgIpc) is 3.22. The fraction of sp³-hybridized carbons (Fsp3) is 0.400. The third-order valence-corrected chi connectivity index (χ3v) is 3.85. The monoisotopic (exact) mass is 276 g/mol. The van der Waals surface area contributed by atoms with Gasteiger partial charge in [-0.1, -0.05) is 0 Å². The van der Waals surface area contributed by atoms with Gasteiger partial charge in [-0.3, -0.25) is 4.79 Å². The fourth-order valence-corrected chi connectivity index (χ4v) is 2.53. The molecule has 1 aromatic carbocycles. The lowest BCUT2D eigenvalue weighted by molar-refractivity contribution is 0.0999. The molecule has 1 fully saturated rings. The smallest absolute Gasteiger partial charge is 0.249 e. The molecule has 106 valence electrons. The first-order valence-corrected chi connectivity index (χ1v) is 6.78. The topological polar surface area (TPSA) is 64.3 Å². The third kappa shape index (κ3) is 2.35. The van der Waals surface area contributed by atoms with Crippen molar-refractivity contribution in [2.75, 3.05) is 6.61 Å². The Morgan fingerprint density at radius 3 is 2.90 bits per heavy atom. The van der Waals surface area contributed by atoms with Gasteiger partial charge < -0.3 is 15.8 Å². The zero-order valence-corrected chi connectivity index (χ0v) is 11.3. The number of benzene rings is 1. The van der Waals surface area contributed by atoms with E-state index in [1.807, 2.05) is 0 Å². The minimum atomic E-state index is -0.586. The predicted octanol–water partition coefficient (Wildman–Crippen LogP) is 2.05. The maximum absolute atomic E-state index is 13.7. The molecule has 1 aromatic rings. The van der Waals surface area contributed by atoms with Crippen LogP contribution in [0.25, 0.3) is 6.08 Å². The van der Waals surface area contributed by atoms with Gasteiger partial charge in [0.25, 0.3) is 0 Å². The van der Waals surface area contributed by atoms with Crippen LogP contribution in [0.15, 0.2) is 17.8 Å². The number of carbonyl (C=O) groups is 1. The number of hydrogen-bond donors (Lipinski definition) is 2. The van der Waals surface area contributed by atoms with Gasteiger partial charge in [-0.05, 0) is 43.9 Å². The van der Waals surface area contributed by atoms with Crippen LogP contribution >= 0.6 is 0 Å². The van der Waals surface area contributed by atoms with Crippen LogP contribution in [0.1, 0.15) is 35.7 Å². The average molecular weight is 276 g/mol. The Morgan fingerprint density at radius 2 is 2.25 bits per heavy atom. The molecule has 0 saturated heterocycles. The lowest BCUT2D eigenvalue weighted by Crippen LogP contribution is -2.31. The lowest BCUT2D eigenvalue weighted by Gasteiger charge is -2.23. The highest BCUT2D eigenvalue weighted by Gasteiger charge is 2.29. The number of ether oxygens (including phenoxy) is 1. The van der Waals surface area contributed by atoms with E-state index in [1.165, 1.54) is 25.0 Å². The van der Waals surface area contributed by atoms with E-state index in [9.17, 15) is 9.18 Å². The van der Waals surface area contributed by atoms with E-state index in [-0.39, 0.29) is 17.9 Å². The third-order valence-electron chi connectivity index (χ3n) is 3.85. The molecular weight excluding hydrogens is 259 g/mol. The summed E-state index contributed by atoms with van der Waals surface area (Å²) in [5.41, 5.74) is 6.88. The summed E-state index contributed by atoms with van der Waals surface area (Å²) in [5.74, 6) is -0.264. The van der Waals surface area contributed by atoms with Crippen LogP contribution in [-0.4, -0.2) is 18.6 Å². The van der Waals surface area contributed by atoms with Gasteiger partial charge in [-0.2, -0.15) is 0 Å². The highest BCUT2D eigenvalue weighted by molar-refractivity contribution is 5.98. The Bertz CT molecular complexity index is 594. The van der Waals surface area contributed by atoms with E-state index in [0.717, 1.165) is 5.70 Å². The molecule has 0 spiro atoms. The van der Waals surface area contributed by atoms with E-state index < -0.39 is 11.7 Å². The van der Waals surface area contributed by atoms with Gasteiger partial charge >= 0.3 is 0 Å². The van der Waals surface area contributed by atoms with Gasteiger partial charge in [0.2, 0.25) is 5.91 Å². The molecule has 1 saturated carbocycles. The standard InChI is InChI=1S/C15H17FN2O2/c1-8(9-2-3-9)18-10-6-12-11(15(17)19)4-5-13(16)14(12)20-7-10/h4-6,8-9,18H,2-3,7H2,1H3,(H2,17,19). The summed E-state index contributed by atoms with van der Waals surface area (Å²) in [7, 11) is 0. The summed E-state index contributed by atoms with van der Waals surface area (Å²) < 4.78 is 19.2. The molecule has 20 heavy (non-hydrogen) atoms. The summed E-state index contributed by atoms with van der Waals surface area (Å²) in [6, 6.07) is 2.96. The van der Waals surface area contributed by atoms with Gasteiger partial charge in [0.15, 0.2) is 11.6 Å². The summed E-state index contributed by atoms with van der Waals surface area (Å²) in [4.78, 5) is 11.4. The van der Waals surface area contributed by atoms with Crippen LogP contribution < -0.4 is 15.8 Å². The van der Waals surface area contributed by atoms with Crippen molar-refractivity contribution in [3.05, 3.63) is 34.8 Å². The van der Waals surface area contributed by atoms with E-state index in [4.69, 9.17) is 10.5 Å². The Labute approximate surface area is 116 Å². The number of primary amides is 1. The number of rotatable bonds is 4.